The third-order valence-corrected chi connectivity index (χ3v) is 3.04. The summed E-state index contributed by atoms with van der Waals surface area (Å²) in [4.78, 5) is 8.64. The summed E-state index contributed by atoms with van der Waals surface area (Å²) in [5, 5.41) is 1.13. The molecule has 0 radical (unpaired) electrons. The third kappa shape index (κ3) is 1.80. The van der Waals surface area contributed by atoms with Gasteiger partial charge < -0.3 is 5.73 Å². The van der Waals surface area contributed by atoms with E-state index in [0.717, 1.165) is 27.6 Å². The Morgan fingerprint density at radius 2 is 1.67 bits per heavy atom. The van der Waals surface area contributed by atoms with Gasteiger partial charge in [-0.1, -0.05) is 18.2 Å². The van der Waals surface area contributed by atoms with E-state index in [2.05, 4.69) is 22.1 Å². The Kier molecular flexibility index (Phi) is 2.45. The number of para-hydroxylation sites is 1. The number of pyridine rings is 2. The van der Waals surface area contributed by atoms with Gasteiger partial charge >= 0.3 is 0 Å². The highest BCUT2D eigenvalue weighted by molar-refractivity contribution is 5.83. The van der Waals surface area contributed by atoms with E-state index in [9.17, 15) is 0 Å². The van der Waals surface area contributed by atoms with E-state index < -0.39 is 0 Å². The molecule has 0 aliphatic carbocycles. The molecule has 0 unspecified atom stereocenters. The van der Waals surface area contributed by atoms with Crippen LogP contribution in [0.5, 0.6) is 0 Å². The minimum Gasteiger partial charge on any atom is -0.383 e. The van der Waals surface area contributed by atoms with Crippen LogP contribution in [0.3, 0.4) is 0 Å². The molecular weight excluding hydrogens is 222 g/mol. The van der Waals surface area contributed by atoms with Gasteiger partial charge in [0.25, 0.3) is 0 Å². The monoisotopic (exact) mass is 235 g/mol. The molecule has 0 bridgehead atoms. The topological polar surface area (TPSA) is 51.8 Å². The Balaban J connectivity index is 2.16. The van der Waals surface area contributed by atoms with Crippen molar-refractivity contribution in [3.63, 3.8) is 0 Å². The smallest absolute Gasteiger partial charge is 0.126 e. The van der Waals surface area contributed by atoms with Gasteiger partial charge in [-0.2, -0.15) is 0 Å². The molecule has 0 aliphatic heterocycles. The summed E-state index contributed by atoms with van der Waals surface area (Å²) < 4.78 is 0. The van der Waals surface area contributed by atoms with E-state index in [1.165, 1.54) is 0 Å². The molecule has 2 heterocycles. The van der Waals surface area contributed by atoms with Crippen LogP contribution in [-0.4, -0.2) is 9.97 Å². The van der Waals surface area contributed by atoms with Gasteiger partial charge in [0.15, 0.2) is 0 Å². The Bertz CT molecular complexity index is 720. The van der Waals surface area contributed by atoms with Crippen molar-refractivity contribution in [1.29, 1.82) is 0 Å². The molecule has 0 spiro atoms. The molecule has 0 saturated carbocycles. The standard InChI is InChI=1S/C15H13N3/c1-10-6-12(9-18-15(10)16)13-7-11-4-2-3-5-14(11)17-8-13/h2-9H,1H3,(H2,16,18). The lowest BCUT2D eigenvalue weighted by molar-refractivity contribution is 1.28. The van der Waals surface area contributed by atoms with E-state index in [4.69, 9.17) is 5.73 Å². The first-order valence-electron chi connectivity index (χ1n) is 5.81. The van der Waals surface area contributed by atoms with Crippen LogP contribution < -0.4 is 5.73 Å². The van der Waals surface area contributed by atoms with Gasteiger partial charge in [0, 0.05) is 28.9 Å². The maximum Gasteiger partial charge on any atom is 0.126 e. The van der Waals surface area contributed by atoms with Crippen molar-refractivity contribution < 1.29 is 0 Å². The molecule has 3 heteroatoms. The summed E-state index contributed by atoms with van der Waals surface area (Å²) in [5.41, 5.74) is 9.82. The molecule has 3 aromatic rings. The van der Waals surface area contributed by atoms with Gasteiger partial charge in [0.2, 0.25) is 0 Å². The molecule has 3 rings (SSSR count). The van der Waals surface area contributed by atoms with Gasteiger partial charge in [0.05, 0.1) is 5.52 Å². The normalized spacial score (nSPS) is 10.7. The summed E-state index contributed by atoms with van der Waals surface area (Å²) in [6.45, 7) is 1.96. The Hall–Kier alpha value is -2.42. The van der Waals surface area contributed by atoms with Gasteiger partial charge in [-0.05, 0) is 30.7 Å². The number of rotatable bonds is 1. The van der Waals surface area contributed by atoms with Gasteiger partial charge in [-0.15, -0.1) is 0 Å². The zero-order chi connectivity index (χ0) is 12.5. The molecule has 3 nitrogen and oxygen atoms in total. The van der Waals surface area contributed by atoms with Crippen LogP contribution in [0.2, 0.25) is 0 Å². The summed E-state index contributed by atoms with van der Waals surface area (Å²) in [6, 6.07) is 12.2. The fourth-order valence-corrected chi connectivity index (χ4v) is 1.97. The number of hydrogen-bond acceptors (Lipinski definition) is 3. The lowest BCUT2D eigenvalue weighted by atomic mass is 10.1. The second-order valence-electron chi connectivity index (χ2n) is 4.34. The van der Waals surface area contributed by atoms with Crippen molar-refractivity contribution >= 4 is 16.7 Å². The predicted molar refractivity (Wildman–Crippen MR) is 74.1 cm³/mol. The average molecular weight is 235 g/mol. The molecule has 18 heavy (non-hydrogen) atoms. The molecule has 0 atom stereocenters. The highest BCUT2D eigenvalue weighted by Crippen LogP contribution is 2.23. The van der Waals surface area contributed by atoms with Crippen LogP contribution in [0.4, 0.5) is 5.82 Å². The second kappa shape index (κ2) is 4.11. The molecule has 1 aromatic carbocycles. The molecule has 0 amide bonds. The average Bonchev–Trinajstić information content (AvgIpc) is 2.41. The van der Waals surface area contributed by atoms with Crippen LogP contribution in [-0.2, 0) is 0 Å². The van der Waals surface area contributed by atoms with Gasteiger partial charge in [-0.25, -0.2) is 4.98 Å². The van der Waals surface area contributed by atoms with Crippen molar-refractivity contribution in [2.45, 2.75) is 6.92 Å². The summed E-state index contributed by atoms with van der Waals surface area (Å²) >= 11 is 0. The first-order valence-corrected chi connectivity index (χ1v) is 5.81. The molecular formula is C15H13N3. The minimum atomic E-state index is 0.576. The van der Waals surface area contributed by atoms with Crippen LogP contribution in [0, 0.1) is 6.92 Å². The van der Waals surface area contributed by atoms with E-state index >= 15 is 0 Å². The fraction of sp³-hybridized carbons (Fsp3) is 0.0667. The Morgan fingerprint density at radius 1 is 0.944 bits per heavy atom. The number of aromatic nitrogens is 2. The minimum absolute atomic E-state index is 0.576. The first kappa shape index (κ1) is 10.7. The number of nitrogens with two attached hydrogens (primary N) is 1. The van der Waals surface area contributed by atoms with Crippen molar-refractivity contribution in [3.05, 3.63) is 54.4 Å². The number of aryl methyl sites for hydroxylation is 1. The van der Waals surface area contributed by atoms with Gasteiger partial charge in [0.1, 0.15) is 5.82 Å². The molecule has 0 aliphatic rings. The predicted octanol–water partition coefficient (Wildman–Crippen LogP) is 3.19. The van der Waals surface area contributed by atoms with Gasteiger partial charge in [-0.3, -0.25) is 4.98 Å². The first-order chi connectivity index (χ1) is 8.74. The lowest BCUT2D eigenvalue weighted by Crippen LogP contribution is -1.94. The fourth-order valence-electron chi connectivity index (χ4n) is 1.97. The number of anilines is 1. The Labute approximate surface area is 105 Å². The quantitative estimate of drug-likeness (QED) is 0.704. The largest absolute Gasteiger partial charge is 0.383 e. The Morgan fingerprint density at radius 3 is 2.50 bits per heavy atom. The number of nitrogens with zero attached hydrogens (tertiary/aromatic N) is 2. The van der Waals surface area contributed by atoms with Crippen molar-refractivity contribution in [2.24, 2.45) is 0 Å². The second-order valence-corrected chi connectivity index (χ2v) is 4.34. The maximum atomic E-state index is 5.73. The molecule has 2 N–H and O–H groups in total. The molecule has 0 fully saturated rings. The zero-order valence-electron chi connectivity index (χ0n) is 10.1. The number of hydrogen-bond donors (Lipinski definition) is 1. The molecule has 0 saturated heterocycles. The van der Waals surface area contributed by atoms with E-state index in [1.807, 2.05) is 37.4 Å². The highest BCUT2D eigenvalue weighted by atomic mass is 14.8. The van der Waals surface area contributed by atoms with Crippen LogP contribution in [0.1, 0.15) is 5.56 Å². The number of fused-ring (bicyclic) bond motifs is 1. The van der Waals surface area contributed by atoms with Crippen LogP contribution >= 0.6 is 0 Å². The summed E-state index contributed by atoms with van der Waals surface area (Å²) in [7, 11) is 0. The van der Waals surface area contributed by atoms with Crippen molar-refractivity contribution in [1.82, 2.24) is 9.97 Å². The van der Waals surface area contributed by atoms with E-state index in [0.29, 0.717) is 5.82 Å². The van der Waals surface area contributed by atoms with Crippen LogP contribution in [0.15, 0.2) is 48.8 Å². The van der Waals surface area contributed by atoms with Crippen LogP contribution in [0.25, 0.3) is 22.0 Å². The SMILES string of the molecule is Cc1cc(-c2cnc3ccccc3c2)cnc1N. The summed E-state index contributed by atoms with van der Waals surface area (Å²) in [6.07, 6.45) is 3.66. The maximum absolute atomic E-state index is 5.73. The third-order valence-electron chi connectivity index (χ3n) is 3.04. The van der Waals surface area contributed by atoms with Crippen molar-refractivity contribution in [3.8, 4) is 11.1 Å². The lowest BCUT2D eigenvalue weighted by Gasteiger charge is -2.05. The van der Waals surface area contributed by atoms with E-state index in [1.54, 1.807) is 6.20 Å². The summed E-state index contributed by atoms with van der Waals surface area (Å²) in [5.74, 6) is 0.576. The molecule has 2 aromatic heterocycles. The zero-order valence-corrected chi connectivity index (χ0v) is 10.1. The number of benzene rings is 1. The highest BCUT2D eigenvalue weighted by Gasteiger charge is 2.03. The molecule has 88 valence electrons. The van der Waals surface area contributed by atoms with E-state index in [-0.39, 0.29) is 0 Å². The number of nitrogen functional groups attached to an aromatic ring is 1. The van der Waals surface area contributed by atoms with Crippen molar-refractivity contribution in [2.75, 3.05) is 5.73 Å².